The number of nitrogens with zero attached hydrogens (tertiary/aromatic N) is 8. The maximum Gasteiger partial charge on any atom is 0.250 e. The van der Waals surface area contributed by atoms with Crippen molar-refractivity contribution in [2.45, 2.75) is 75.0 Å². The predicted octanol–water partition coefficient (Wildman–Crippen LogP) is 8.62. The number of piperidine rings is 2. The summed E-state index contributed by atoms with van der Waals surface area (Å²) in [4.78, 5) is 21.9. The number of anilines is 2. The molecule has 5 fully saturated rings. The molecule has 2 N–H and O–H groups in total. The van der Waals surface area contributed by atoms with E-state index in [4.69, 9.17) is 42.2 Å². The van der Waals surface area contributed by atoms with E-state index in [0.29, 0.717) is 69.9 Å². The SMILES string of the molecule is Fc1cc(OCC2CC2CC2CCN(c3ncc(Cl)cn3)CC2)ccc1-c1nnc(C2CC2)o1.NS(=O)(=O)c1ccc(OC[C@H]2C[C@@H]2CC2CCN(c3ncc(Cl)cn3)CC2)cc1. The van der Waals surface area contributed by atoms with Crippen LogP contribution < -0.4 is 24.4 Å². The first kappa shape index (κ1) is 43.6. The standard InChI is InChI=1S/C25H27ClFN5O2.C20H25ClN4O3S/c26-19-12-28-25(29-13-19)32-7-5-15(6-8-32)9-17-10-18(17)14-33-20-3-4-21(22(27)11-20)24-31-30-23(34-24)16-1-2-16;21-17-11-23-20(24-12-17)25-7-5-14(6-8-25)9-15-10-16(15)13-28-18-1-3-19(4-2-18)29(22,26)27/h3-4,11-13,15-18H,1-2,5-10,14H2;1-4,11-12,14-16H,5-10,13H2,(H2,22,26,27)/t;15-,16+/m.0/s1. The lowest BCUT2D eigenvalue weighted by molar-refractivity contribution is 0.278. The molecule has 2 unspecified atom stereocenters. The Morgan fingerprint density at radius 1 is 0.683 bits per heavy atom. The van der Waals surface area contributed by atoms with Crippen LogP contribution in [0, 0.1) is 41.3 Å². The predicted molar refractivity (Wildman–Crippen MR) is 237 cm³/mol. The third-order valence-corrected chi connectivity index (χ3v) is 14.4. The minimum Gasteiger partial charge on any atom is -0.493 e. The van der Waals surface area contributed by atoms with Crippen LogP contribution in [0.5, 0.6) is 11.5 Å². The van der Waals surface area contributed by atoms with Crippen LogP contribution in [0.1, 0.15) is 76.0 Å². The van der Waals surface area contributed by atoms with Crippen LogP contribution in [0.25, 0.3) is 11.5 Å². The van der Waals surface area contributed by atoms with Gasteiger partial charge < -0.3 is 23.7 Å². The number of ether oxygens (including phenoxy) is 2. The number of primary sulfonamides is 1. The number of sulfonamides is 1. The van der Waals surface area contributed by atoms with E-state index in [1.54, 1.807) is 49.1 Å². The zero-order valence-electron chi connectivity index (χ0n) is 34.9. The first-order chi connectivity index (χ1) is 30.5. The lowest BCUT2D eigenvalue weighted by Gasteiger charge is -2.32. The molecular weight excluding hydrogens is 869 g/mol. The first-order valence-electron chi connectivity index (χ1n) is 22.0. The highest BCUT2D eigenvalue weighted by molar-refractivity contribution is 7.89. The van der Waals surface area contributed by atoms with Crippen LogP contribution >= 0.6 is 23.2 Å². The summed E-state index contributed by atoms with van der Waals surface area (Å²) in [5.41, 5.74) is 0.325. The molecule has 0 bridgehead atoms. The number of benzene rings is 2. The second-order valence-electron chi connectivity index (χ2n) is 17.7. The molecule has 5 aromatic rings. The Labute approximate surface area is 377 Å². The molecule has 0 amide bonds. The van der Waals surface area contributed by atoms with E-state index in [-0.39, 0.29) is 10.8 Å². The van der Waals surface area contributed by atoms with Crippen molar-refractivity contribution in [1.82, 2.24) is 30.1 Å². The number of aromatic nitrogens is 6. The van der Waals surface area contributed by atoms with Gasteiger partial charge in [0.15, 0.2) is 0 Å². The summed E-state index contributed by atoms with van der Waals surface area (Å²) in [6.45, 7) is 5.24. The van der Waals surface area contributed by atoms with Crippen molar-refractivity contribution in [2.75, 3.05) is 49.2 Å². The van der Waals surface area contributed by atoms with Crippen molar-refractivity contribution < 1.29 is 26.7 Å². The van der Waals surface area contributed by atoms with E-state index in [1.165, 1.54) is 43.9 Å². The molecule has 0 radical (unpaired) electrons. The normalized spacial score (nSPS) is 22.6. The molecule has 14 nitrogen and oxygen atoms in total. The Kier molecular flexibility index (Phi) is 13.3. The lowest BCUT2D eigenvalue weighted by Crippen LogP contribution is -2.35. The zero-order chi connectivity index (χ0) is 43.5. The zero-order valence-corrected chi connectivity index (χ0v) is 37.3. The van der Waals surface area contributed by atoms with Gasteiger partial charge in [0.25, 0.3) is 5.89 Å². The number of nitrogens with two attached hydrogens (primary N) is 1. The highest BCUT2D eigenvalue weighted by Gasteiger charge is 2.41. The summed E-state index contributed by atoms with van der Waals surface area (Å²) in [5, 5.41) is 14.3. The lowest BCUT2D eigenvalue weighted by atomic mass is 9.91. The molecular formula is C45H52Cl2FN9O5S. The topological polar surface area (TPSA) is 176 Å². The van der Waals surface area contributed by atoms with Crippen molar-refractivity contribution in [3.8, 4) is 23.0 Å². The summed E-state index contributed by atoms with van der Waals surface area (Å²) in [5.74, 6) is 7.59. The molecule has 334 valence electrons. The van der Waals surface area contributed by atoms with Gasteiger partial charge in [-0.25, -0.2) is 37.9 Å². The summed E-state index contributed by atoms with van der Waals surface area (Å²) in [6.07, 6.45) is 18.2. The Morgan fingerprint density at radius 2 is 1.17 bits per heavy atom. The van der Waals surface area contributed by atoms with Gasteiger partial charge in [-0.2, -0.15) is 0 Å². The molecule has 10 rings (SSSR count). The van der Waals surface area contributed by atoms with Crippen LogP contribution in [0.3, 0.4) is 0 Å². The molecule has 2 aromatic carbocycles. The highest BCUT2D eigenvalue weighted by Crippen LogP contribution is 2.46. The molecule has 2 aliphatic heterocycles. The molecule has 3 aromatic heterocycles. The first-order valence-corrected chi connectivity index (χ1v) is 24.3. The molecule has 2 saturated heterocycles. The molecule has 5 heterocycles. The monoisotopic (exact) mass is 919 g/mol. The van der Waals surface area contributed by atoms with Gasteiger partial charge in [-0.05, 0) is 136 Å². The second-order valence-corrected chi connectivity index (χ2v) is 20.2. The Hall–Kier alpha value is -4.64. The van der Waals surface area contributed by atoms with E-state index >= 15 is 0 Å². The molecule has 3 saturated carbocycles. The van der Waals surface area contributed by atoms with Crippen LogP contribution in [0.4, 0.5) is 16.3 Å². The molecule has 0 spiro atoms. The average Bonchev–Trinajstić information content (AvgIpc) is 4.25. The minimum atomic E-state index is -3.66. The largest absolute Gasteiger partial charge is 0.493 e. The second kappa shape index (κ2) is 19.2. The summed E-state index contributed by atoms with van der Waals surface area (Å²) in [7, 11) is -3.66. The molecule has 4 atom stereocenters. The Bertz CT molecular complexity index is 2410. The summed E-state index contributed by atoms with van der Waals surface area (Å²) < 4.78 is 54.6. The third kappa shape index (κ3) is 11.7. The highest BCUT2D eigenvalue weighted by atomic mass is 35.5. The van der Waals surface area contributed by atoms with Crippen LogP contribution in [0.2, 0.25) is 10.0 Å². The van der Waals surface area contributed by atoms with E-state index < -0.39 is 15.8 Å². The third-order valence-electron chi connectivity index (χ3n) is 13.0. The fourth-order valence-electron chi connectivity index (χ4n) is 8.87. The molecule has 18 heteroatoms. The van der Waals surface area contributed by atoms with Gasteiger partial charge in [-0.15, -0.1) is 10.2 Å². The number of hydrogen-bond donors (Lipinski definition) is 1. The van der Waals surface area contributed by atoms with Crippen molar-refractivity contribution in [3.05, 3.63) is 89.0 Å². The maximum absolute atomic E-state index is 14.6. The number of halogens is 3. The van der Waals surface area contributed by atoms with Gasteiger partial charge in [0.05, 0.1) is 58.5 Å². The quantitative estimate of drug-likeness (QED) is 0.106. The van der Waals surface area contributed by atoms with Gasteiger partial charge in [0, 0.05) is 38.2 Å². The van der Waals surface area contributed by atoms with Crippen molar-refractivity contribution in [3.63, 3.8) is 0 Å². The van der Waals surface area contributed by atoms with Crippen LogP contribution in [-0.2, 0) is 10.0 Å². The molecule has 63 heavy (non-hydrogen) atoms. The van der Waals surface area contributed by atoms with Gasteiger partial charge in [0.2, 0.25) is 27.8 Å². The Balaban J connectivity index is 0.000000162. The van der Waals surface area contributed by atoms with Crippen molar-refractivity contribution >= 4 is 45.1 Å². The number of hydrogen-bond acceptors (Lipinski definition) is 13. The number of rotatable bonds is 15. The van der Waals surface area contributed by atoms with Gasteiger partial charge in [-0.3, -0.25) is 0 Å². The van der Waals surface area contributed by atoms with E-state index in [2.05, 4.69) is 39.9 Å². The van der Waals surface area contributed by atoms with Crippen molar-refractivity contribution in [2.24, 2.45) is 40.6 Å². The summed E-state index contributed by atoms with van der Waals surface area (Å²) >= 11 is 11.7. The minimum absolute atomic E-state index is 0.101. The smallest absolute Gasteiger partial charge is 0.250 e. The molecule has 5 aliphatic rings. The fourth-order valence-corrected chi connectivity index (χ4v) is 9.58. The van der Waals surface area contributed by atoms with Crippen LogP contribution in [-0.4, -0.2) is 77.9 Å². The van der Waals surface area contributed by atoms with Gasteiger partial charge in [-0.1, -0.05) is 23.2 Å². The van der Waals surface area contributed by atoms with Gasteiger partial charge >= 0.3 is 0 Å². The van der Waals surface area contributed by atoms with Gasteiger partial charge in [0.1, 0.15) is 17.3 Å². The Morgan fingerprint density at radius 3 is 1.65 bits per heavy atom. The average molecular weight is 921 g/mol. The van der Waals surface area contributed by atoms with Crippen LogP contribution in [0.15, 0.2) is 76.6 Å². The molecule has 3 aliphatic carbocycles. The summed E-state index contributed by atoms with van der Waals surface area (Å²) in [6, 6.07) is 11.1. The van der Waals surface area contributed by atoms with E-state index in [0.717, 1.165) is 94.4 Å². The fraction of sp³-hybridized carbons (Fsp3) is 0.511. The van der Waals surface area contributed by atoms with E-state index in [9.17, 15) is 12.8 Å². The van der Waals surface area contributed by atoms with E-state index in [1.807, 2.05) is 0 Å². The maximum atomic E-state index is 14.6. The van der Waals surface area contributed by atoms with Crippen molar-refractivity contribution in [1.29, 1.82) is 0 Å².